The average molecular weight is 600 g/mol. The van der Waals surface area contributed by atoms with Gasteiger partial charge in [0.1, 0.15) is 4.91 Å². The molecule has 0 aromatic heterocycles. The van der Waals surface area contributed by atoms with E-state index in [4.69, 9.17) is 9.73 Å². The van der Waals surface area contributed by atoms with Crippen molar-refractivity contribution in [1.82, 2.24) is 4.90 Å². The van der Waals surface area contributed by atoms with Crippen molar-refractivity contribution in [3.8, 4) is 0 Å². The van der Waals surface area contributed by atoms with Gasteiger partial charge in [-0.15, -0.1) is 0 Å². The summed E-state index contributed by atoms with van der Waals surface area (Å²) in [6.07, 6.45) is 5.30. The highest BCUT2D eigenvalue weighted by Gasteiger charge is 2.42. The molecule has 1 aliphatic carbocycles. The summed E-state index contributed by atoms with van der Waals surface area (Å²) in [5, 5.41) is 0.843. The van der Waals surface area contributed by atoms with Crippen LogP contribution in [-0.4, -0.2) is 22.6 Å². The molecule has 1 atom stereocenters. The van der Waals surface area contributed by atoms with E-state index in [1.54, 1.807) is 0 Å². The molecule has 4 nitrogen and oxygen atoms in total. The molecule has 2 aromatic rings. The summed E-state index contributed by atoms with van der Waals surface area (Å²) in [5.41, 5.74) is 6.89. The zero-order valence-electron chi connectivity index (χ0n) is 19.0. The largest absolute Gasteiger partial charge is 0.462 e. The molecule has 0 radical (unpaired) electrons. The van der Waals surface area contributed by atoms with E-state index in [1.807, 2.05) is 13.8 Å². The van der Waals surface area contributed by atoms with Crippen LogP contribution in [0.4, 0.5) is 0 Å². The van der Waals surface area contributed by atoms with Crippen molar-refractivity contribution in [2.24, 2.45) is 4.99 Å². The fraction of sp³-hybridized carbons (Fsp3) is 0.259. The first-order valence-corrected chi connectivity index (χ1v) is 13.7. The first-order chi connectivity index (χ1) is 16.5. The number of allylic oxidation sites excluding steroid dienone is 2. The van der Waals surface area contributed by atoms with Gasteiger partial charge in [0.05, 0.1) is 18.3 Å². The molecule has 3 aliphatic rings. The molecule has 0 saturated carbocycles. The molecule has 0 N–H and O–H groups in total. The van der Waals surface area contributed by atoms with Gasteiger partial charge in [-0.3, -0.25) is 0 Å². The van der Waals surface area contributed by atoms with E-state index in [0.717, 1.165) is 50.3 Å². The third-order valence-corrected chi connectivity index (χ3v) is 8.44. The minimum absolute atomic E-state index is 0.00337. The second-order valence-electron chi connectivity index (χ2n) is 8.40. The highest BCUT2D eigenvalue weighted by molar-refractivity contribution is 9.10. The van der Waals surface area contributed by atoms with Gasteiger partial charge in [-0.2, -0.15) is 0 Å². The molecular formula is C27H24Br2N2O2S. The van der Waals surface area contributed by atoms with Gasteiger partial charge in [0.15, 0.2) is 5.17 Å². The Hall–Kier alpha value is -2.09. The maximum Gasteiger partial charge on any atom is 0.346 e. The number of rotatable bonds is 4. The van der Waals surface area contributed by atoms with Gasteiger partial charge in [0.25, 0.3) is 0 Å². The highest BCUT2D eigenvalue weighted by Crippen LogP contribution is 2.51. The van der Waals surface area contributed by atoms with Crippen LogP contribution < -0.4 is 0 Å². The van der Waals surface area contributed by atoms with Crippen LogP contribution >= 0.6 is 43.6 Å². The summed E-state index contributed by atoms with van der Waals surface area (Å²) in [4.78, 5) is 20.7. The molecule has 0 bridgehead atoms. The van der Waals surface area contributed by atoms with Gasteiger partial charge in [-0.05, 0) is 97.5 Å². The molecule has 5 rings (SSSR count). The fourth-order valence-electron chi connectivity index (χ4n) is 4.70. The first-order valence-electron chi connectivity index (χ1n) is 11.3. The van der Waals surface area contributed by atoms with Crippen molar-refractivity contribution in [3.63, 3.8) is 0 Å². The lowest BCUT2D eigenvalue weighted by molar-refractivity contribution is -0.137. The number of fused-ring (bicyclic) bond motifs is 1. The van der Waals surface area contributed by atoms with E-state index < -0.39 is 0 Å². The Morgan fingerprint density at radius 2 is 1.79 bits per heavy atom. The number of amidine groups is 1. The Kier molecular flexibility index (Phi) is 6.87. The number of hydrogen-bond donors (Lipinski definition) is 0. The predicted molar refractivity (Wildman–Crippen MR) is 146 cm³/mol. The standard InChI is InChI=1S/C27H24Br2N2O2S/c1-3-33-26(32)25-16(2)31-24(18-9-13-21(29)14-10-18)22-6-4-5-19(23(22)30-27(31)34-25)15-17-7-11-20(28)12-8-17/h7-15,24H,3-6H2,1-2H3/b19-15-/t24-/m1/s1. The van der Waals surface area contributed by atoms with Crippen LogP contribution in [0.15, 0.2) is 89.9 Å². The minimum atomic E-state index is -0.278. The van der Waals surface area contributed by atoms with Gasteiger partial charge in [-0.25, -0.2) is 9.79 Å². The van der Waals surface area contributed by atoms with Gasteiger partial charge >= 0.3 is 5.97 Å². The normalized spacial score (nSPS) is 20.9. The average Bonchev–Trinajstić information content (AvgIpc) is 3.16. The van der Waals surface area contributed by atoms with Crippen molar-refractivity contribution in [1.29, 1.82) is 0 Å². The second-order valence-corrected chi connectivity index (χ2v) is 11.2. The van der Waals surface area contributed by atoms with Crippen molar-refractivity contribution < 1.29 is 9.53 Å². The molecule has 0 amide bonds. The van der Waals surface area contributed by atoms with Crippen LogP contribution in [0.25, 0.3) is 6.08 Å². The van der Waals surface area contributed by atoms with Gasteiger partial charge in [0.2, 0.25) is 0 Å². The number of nitrogens with zero attached hydrogens (tertiary/aromatic N) is 2. The maximum atomic E-state index is 12.7. The minimum Gasteiger partial charge on any atom is -0.462 e. The Morgan fingerprint density at radius 3 is 2.47 bits per heavy atom. The zero-order chi connectivity index (χ0) is 23.8. The van der Waals surface area contributed by atoms with Crippen LogP contribution in [-0.2, 0) is 9.53 Å². The number of carbonyl (C=O) groups is 1. The Balaban J connectivity index is 1.64. The van der Waals surface area contributed by atoms with Crippen molar-refractivity contribution in [2.75, 3.05) is 6.61 Å². The molecule has 2 aromatic carbocycles. The van der Waals surface area contributed by atoms with E-state index in [0.29, 0.717) is 11.5 Å². The van der Waals surface area contributed by atoms with E-state index in [1.165, 1.54) is 28.5 Å². The lowest BCUT2D eigenvalue weighted by Crippen LogP contribution is -2.34. The fourth-order valence-corrected chi connectivity index (χ4v) is 6.28. The summed E-state index contributed by atoms with van der Waals surface area (Å²) >= 11 is 8.51. The SMILES string of the molecule is CCOC(=O)C1=C(C)N2C(=NC3=C(CCC/C3=C/c3ccc(Br)cc3)[C@H]2c2ccc(Br)cc2)S1. The van der Waals surface area contributed by atoms with Crippen LogP contribution in [0.2, 0.25) is 0 Å². The first kappa shape index (κ1) is 23.6. The van der Waals surface area contributed by atoms with Gasteiger partial charge in [0, 0.05) is 14.6 Å². The topological polar surface area (TPSA) is 41.9 Å². The predicted octanol–water partition coefficient (Wildman–Crippen LogP) is 7.99. The van der Waals surface area contributed by atoms with Crippen LogP contribution in [0.1, 0.15) is 50.3 Å². The van der Waals surface area contributed by atoms with Crippen molar-refractivity contribution in [2.45, 2.75) is 39.2 Å². The summed E-state index contributed by atoms with van der Waals surface area (Å²) in [7, 11) is 0. The van der Waals surface area contributed by atoms with E-state index >= 15 is 0 Å². The Bertz CT molecular complexity index is 1260. The highest BCUT2D eigenvalue weighted by atomic mass is 79.9. The van der Waals surface area contributed by atoms with Gasteiger partial charge in [-0.1, -0.05) is 56.1 Å². The summed E-state index contributed by atoms with van der Waals surface area (Å²) in [6, 6.07) is 16.9. The third-order valence-electron chi connectivity index (χ3n) is 6.24. The molecule has 7 heteroatoms. The van der Waals surface area contributed by atoms with Crippen LogP contribution in [0.5, 0.6) is 0 Å². The number of ether oxygens (including phenoxy) is 1. The molecule has 0 saturated heterocycles. The second kappa shape index (κ2) is 9.88. The van der Waals surface area contributed by atoms with Crippen molar-refractivity contribution >= 4 is 60.8 Å². The monoisotopic (exact) mass is 598 g/mol. The summed E-state index contributed by atoms with van der Waals surface area (Å²) in [6.45, 7) is 4.19. The number of aliphatic imine (C=N–C) groups is 1. The lowest BCUT2D eigenvalue weighted by Gasteiger charge is -2.39. The number of esters is 1. The number of hydrogen-bond acceptors (Lipinski definition) is 5. The summed E-state index contributed by atoms with van der Waals surface area (Å²) < 4.78 is 7.47. The van der Waals surface area contributed by atoms with E-state index in [-0.39, 0.29) is 12.0 Å². The number of carbonyl (C=O) groups excluding carboxylic acids is 1. The molecule has 34 heavy (non-hydrogen) atoms. The summed E-state index contributed by atoms with van der Waals surface area (Å²) in [5.74, 6) is -0.278. The molecule has 0 fully saturated rings. The van der Waals surface area contributed by atoms with Crippen molar-refractivity contribution in [3.05, 3.63) is 96.0 Å². The molecule has 0 spiro atoms. The number of benzene rings is 2. The molecule has 0 unspecified atom stereocenters. The lowest BCUT2D eigenvalue weighted by atomic mass is 9.83. The maximum absolute atomic E-state index is 12.7. The van der Waals surface area contributed by atoms with Gasteiger partial charge < -0.3 is 9.64 Å². The van der Waals surface area contributed by atoms with E-state index in [2.05, 4.69) is 91.4 Å². The zero-order valence-corrected chi connectivity index (χ0v) is 23.0. The number of halogens is 2. The molecule has 2 aliphatic heterocycles. The Morgan fingerprint density at radius 1 is 1.12 bits per heavy atom. The third kappa shape index (κ3) is 4.45. The number of thioether (sulfide) groups is 1. The Labute approximate surface area is 221 Å². The molecular weight excluding hydrogens is 576 g/mol. The molecule has 174 valence electrons. The smallest absolute Gasteiger partial charge is 0.346 e. The van der Waals surface area contributed by atoms with Crippen LogP contribution in [0, 0.1) is 0 Å². The molecule has 2 heterocycles. The van der Waals surface area contributed by atoms with E-state index in [9.17, 15) is 4.79 Å². The quantitative estimate of drug-likeness (QED) is 0.334. The van der Waals surface area contributed by atoms with Crippen LogP contribution in [0.3, 0.4) is 0 Å².